The zero-order chi connectivity index (χ0) is 22.2. The molecule has 1 amide bonds. The zero-order valence-corrected chi connectivity index (χ0v) is 22.7. The Hall–Kier alpha value is -0.396. The summed E-state index contributed by atoms with van der Waals surface area (Å²) in [5.41, 5.74) is 0. The lowest BCUT2D eigenvalue weighted by molar-refractivity contribution is -0.124. The van der Waals surface area contributed by atoms with Crippen molar-refractivity contribution in [2.45, 2.75) is 116 Å². The third kappa shape index (κ3) is 6.84. The van der Waals surface area contributed by atoms with Crippen LogP contribution in [0.5, 0.6) is 0 Å². The van der Waals surface area contributed by atoms with Crippen LogP contribution in [0, 0.1) is 0 Å². The SMILES string of the molecule is C=CC(=O)N(C)CCCC(C)(CC)[Si](C)(C)OC(C)(CC)[Si](C)(C)CCCC. The second-order valence-electron chi connectivity index (χ2n) is 10.2. The predicted molar refractivity (Wildman–Crippen MR) is 130 cm³/mol. The summed E-state index contributed by atoms with van der Waals surface area (Å²) >= 11 is 0. The topological polar surface area (TPSA) is 29.5 Å². The minimum absolute atomic E-state index is 0.00758. The minimum Gasteiger partial charge on any atom is -0.414 e. The summed E-state index contributed by atoms with van der Waals surface area (Å²) in [6, 6.07) is 1.34. The van der Waals surface area contributed by atoms with Gasteiger partial charge in [0.1, 0.15) is 0 Å². The molecule has 166 valence electrons. The first-order valence-electron chi connectivity index (χ1n) is 11.3. The Labute approximate surface area is 178 Å². The van der Waals surface area contributed by atoms with Gasteiger partial charge in [0.15, 0.2) is 8.32 Å². The summed E-state index contributed by atoms with van der Waals surface area (Å²) in [4.78, 5) is 13.5. The van der Waals surface area contributed by atoms with Crippen LogP contribution >= 0.6 is 0 Å². The number of amides is 1. The molecular weight excluding hydrogens is 378 g/mol. The van der Waals surface area contributed by atoms with Crippen molar-refractivity contribution in [2.75, 3.05) is 13.6 Å². The van der Waals surface area contributed by atoms with E-state index in [0.29, 0.717) is 0 Å². The van der Waals surface area contributed by atoms with E-state index in [2.05, 4.69) is 67.4 Å². The van der Waals surface area contributed by atoms with E-state index < -0.39 is 16.4 Å². The molecule has 0 saturated heterocycles. The fourth-order valence-electron chi connectivity index (χ4n) is 4.13. The number of unbranched alkanes of at least 4 members (excludes halogenated alkanes) is 1. The maximum Gasteiger partial charge on any atom is 0.245 e. The number of likely N-dealkylation sites (N-methyl/N-ethyl adjacent to an activating group) is 1. The molecule has 0 radical (unpaired) electrons. The van der Waals surface area contributed by atoms with Gasteiger partial charge in [0, 0.05) is 18.8 Å². The Kier molecular flexibility index (Phi) is 11.0. The molecule has 0 aliphatic heterocycles. The predicted octanol–water partition coefficient (Wildman–Crippen LogP) is 7.02. The van der Waals surface area contributed by atoms with Crippen LogP contribution in [-0.4, -0.2) is 46.0 Å². The summed E-state index contributed by atoms with van der Waals surface area (Å²) < 4.78 is 7.22. The van der Waals surface area contributed by atoms with Gasteiger partial charge in [-0.25, -0.2) is 0 Å². The highest BCUT2D eigenvalue weighted by Gasteiger charge is 2.51. The van der Waals surface area contributed by atoms with Crippen LogP contribution in [0.1, 0.15) is 73.1 Å². The summed E-state index contributed by atoms with van der Waals surface area (Å²) in [6.45, 7) is 26.0. The summed E-state index contributed by atoms with van der Waals surface area (Å²) in [7, 11) is -1.60. The lowest BCUT2D eigenvalue weighted by Gasteiger charge is -2.52. The van der Waals surface area contributed by atoms with Crippen molar-refractivity contribution in [3.8, 4) is 0 Å². The summed E-state index contributed by atoms with van der Waals surface area (Å²) in [6.07, 6.45) is 8.32. The highest BCUT2D eigenvalue weighted by Crippen LogP contribution is 2.49. The quantitative estimate of drug-likeness (QED) is 0.220. The van der Waals surface area contributed by atoms with E-state index in [9.17, 15) is 4.79 Å². The third-order valence-corrected chi connectivity index (χ3v) is 17.3. The van der Waals surface area contributed by atoms with E-state index in [1.807, 2.05) is 7.05 Å². The number of carbonyl (C=O) groups is 1. The van der Waals surface area contributed by atoms with Gasteiger partial charge in [0.25, 0.3) is 0 Å². The van der Waals surface area contributed by atoms with E-state index in [1.165, 1.54) is 25.0 Å². The second-order valence-corrected chi connectivity index (χ2v) is 19.9. The molecule has 0 spiro atoms. The molecule has 2 atom stereocenters. The minimum atomic E-state index is -1.96. The molecule has 0 aromatic rings. The van der Waals surface area contributed by atoms with Gasteiger partial charge < -0.3 is 9.33 Å². The highest BCUT2D eigenvalue weighted by atomic mass is 28.4. The molecule has 0 aliphatic carbocycles. The van der Waals surface area contributed by atoms with E-state index in [0.717, 1.165) is 32.2 Å². The lowest BCUT2D eigenvalue weighted by atomic mass is 10.0. The molecule has 0 aliphatic rings. The molecule has 3 nitrogen and oxygen atoms in total. The van der Waals surface area contributed by atoms with Gasteiger partial charge in [-0.3, -0.25) is 4.79 Å². The van der Waals surface area contributed by atoms with Gasteiger partial charge in [-0.15, -0.1) is 0 Å². The fourth-order valence-corrected chi connectivity index (χ4v) is 11.9. The van der Waals surface area contributed by atoms with Crippen LogP contribution in [0.2, 0.25) is 37.3 Å². The van der Waals surface area contributed by atoms with Crippen molar-refractivity contribution < 1.29 is 9.22 Å². The number of rotatable bonds is 14. The van der Waals surface area contributed by atoms with Gasteiger partial charge in [-0.05, 0) is 50.4 Å². The molecule has 2 unspecified atom stereocenters. The van der Waals surface area contributed by atoms with Crippen LogP contribution in [0.4, 0.5) is 0 Å². The third-order valence-electron chi connectivity index (χ3n) is 7.75. The van der Waals surface area contributed by atoms with Crippen molar-refractivity contribution >= 4 is 22.3 Å². The number of carbonyl (C=O) groups excluding carboxylic acids is 1. The first-order valence-corrected chi connectivity index (χ1v) is 17.4. The average Bonchev–Trinajstić information content (AvgIpc) is 2.64. The van der Waals surface area contributed by atoms with Gasteiger partial charge in [-0.2, -0.15) is 0 Å². The monoisotopic (exact) mass is 427 g/mol. The van der Waals surface area contributed by atoms with Crippen LogP contribution in [0.3, 0.4) is 0 Å². The standard InChI is InChI=1S/C23H49NO2Si2/c1-12-16-20-27(8,9)23(6,15-4)26-28(10,11)22(5,14-3)18-17-19-24(7)21(25)13-2/h13H,2,12,14-20H2,1,3-11H3. The van der Waals surface area contributed by atoms with Gasteiger partial charge >= 0.3 is 0 Å². The van der Waals surface area contributed by atoms with Crippen molar-refractivity contribution in [1.29, 1.82) is 0 Å². The summed E-state index contributed by atoms with van der Waals surface area (Å²) in [5, 5.41) is 0.237. The van der Waals surface area contributed by atoms with Crippen molar-refractivity contribution in [3.05, 3.63) is 12.7 Å². The molecule has 0 N–H and O–H groups in total. The van der Waals surface area contributed by atoms with Crippen molar-refractivity contribution in [2.24, 2.45) is 0 Å². The van der Waals surface area contributed by atoms with Crippen LogP contribution in [-0.2, 0) is 9.22 Å². The van der Waals surface area contributed by atoms with Crippen LogP contribution in [0.25, 0.3) is 0 Å². The van der Waals surface area contributed by atoms with Gasteiger partial charge in [0.2, 0.25) is 5.91 Å². The fraction of sp³-hybridized carbons (Fsp3) is 0.870. The first kappa shape index (κ1) is 27.6. The highest BCUT2D eigenvalue weighted by molar-refractivity contribution is 6.82. The molecule has 0 heterocycles. The number of hydrogen-bond donors (Lipinski definition) is 0. The Morgan fingerprint density at radius 2 is 1.64 bits per heavy atom. The molecule has 5 heteroatoms. The largest absolute Gasteiger partial charge is 0.414 e. The van der Waals surface area contributed by atoms with E-state index >= 15 is 0 Å². The van der Waals surface area contributed by atoms with Gasteiger partial charge in [0.05, 0.1) is 8.07 Å². The molecule has 0 bridgehead atoms. The van der Waals surface area contributed by atoms with Crippen molar-refractivity contribution in [3.63, 3.8) is 0 Å². The molecule has 28 heavy (non-hydrogen) atoms. The molecule has 0 fully saturated rings. The number of hydrogen-bond acceptors (Lipinski definition) is 2. The Bertz CT molecular complexity index is 507. The van der Waals surface area contributed by atoms with Crippen molar-refractivity contribution in [1.82, 2.24) is 4.90 Å². The molecule has 0 aromatic carbocycles. The van der Waals surface area contributed by atoms with E-state index in [-0.39, 0.29) is 16.2 Å². The zero-order valence-electron chi connectivity index (χ0n) is 20.7. The molecule has 0 saturated carbocycles. The maximum atomic E-state index is 11.8. The smallest absolute Gasteiger partial charge is 0.245 e. The van der Waals surface area contributed by atoms with Crippen LogP contribution < -0.4 is 0 Å². The molecule has 0 rings (SSSR count). The molecule has 0 aromatic heterocycles. The average molecular weight is 428 g/mol. The summed E-state index contributed by atoms with van der Waals surface area (Å²) in [5.74, 6) is 0.00758. The van der Waals surface area contributed by atoms with E-state index in [1.54, 1.807) is 4.90 Å². The second kappa shape index (κ2) is 11.1. The number of nitrogens with zero attached hydrogens (tertiary/aromatic N) is 1. The van der Waals surface area contributed by atoms with E-state index in [4.69, 9.17) is 4.43 Å². The van der Waals surface area contributed by atoms with Crippen LogP contribution in [0.15, 0.2) is 12.7 Å². The Balaban J connectivity index is 5.35. The maximum absolute atomic E-state index is 11.8. The lowest BCUT2D eigenvalue weighted by Crippen LogP contribution is -2.60. The van der Waals surface area contributed by atoms with Gasteiger partial charge in [-0.1, -0.05) is 72.7 Å². The molecular formula is C23H49NO2Si2. The Morgan fingerprint density at radius 3 is 2.07 bits per heavy atom. The normalized spacial score (nSPS) is 16.9. The first-order chi connectivity index (χ1) is 12.8. The Morgan fingerprint density at radius 1 is 1.07 bits per heavy atom.